The van der Waals surface area contributed by atoms with Crippen molar-refractivity contribution in [3.8, 4) is 0 Å². The summed E-state index contributed by atoms with van der Waals surface area (Å²) in [6.45, 7) is -0.765. The Morgan fingerprint density at radius 1 is 1.24 bits per heavy atom. The molecule has 1 rings (SSSR count). The molecule has 0 aromatic heterocycles. The first kappa shape index (κ1) is 12.8. The molecule has 0 fully saturated rings. The molecule has 6 nitrogen and oxygen atoms in total. The number of Topliss-reactive ketones (excluding diaryl/α,β-unsaturated/α-hetero) is 1. The number of hydrogen-bond acceptors (Lipinski definition) is 5. The molecule has 0 bridgehead atoms. The lowest BCUT2D eigenvalue weighted by Gasteiger charge is -2.01. The Bertz CT molecular complexity index is 415. The highest BCUT2D eigenvalue weighted by Crippen LogP contribution is 2.03. The fourth-order valence-electron chi connectivity index (χ4n) is 1.14. The molecule has 0 saturated carbocycles. The second-order valence-corrected chi connectivity index (χ2v) is 3.24. The summed E-state index contributed by atoms with van der Waals surface area (Å²) in [6.07, 6.45) is -0.401. The maximum Gasteiger partial charge on any atom is 0.313 e. The molecule has 0 aliphatic heterocycles. The zero-order valence-electron chi connectivity index (χ0n) is 9.00. The summed E-state index contributed by atoms with van der Waals surface area (Å²) >= 11 is 0. The number of benzene rings is 1. The molecule has 0 N–H and O–H groups in total. The highest BCUT2D eigenvalue weighted by molar-refractivity contribution is 6.05. The van der Waals surface area contributed by atoms with Gasteiger partial charge in [0, 0.05) is 10.5 Å². The number of nitrogens with zero attached hydrogens (tertiary/aromatic N) is 1. The summed E-state index contributed by atoms with van der Waals surface area (Å²) < 4.78 is 4.54. The van der Waals surface area contributed by atoms with E-state index >= 15 is 0 Å². The second-order valence-electron chi connectivity index (χ2n) is 3.24. The summed E-state index contributed by atoms with van der Waals surface area (Å²) in [5.41, 5.74) is 0.415. The van der Waals surface area contributed by atoms with E-state index < -0.39 is 23.9 Å². The summed E-state index contributed by atoms with van der Waals surface area (Å²) in [5.74, 6) is -1.11. The Hall–Kier alpha value is -2.24. The summed E-state index contributed by atoms with van der Waals surface area (Å²) in [4.78, 5) is 32.0. The quantitative estimate of drug-likeness (QED) is 0.243. The van der Waals surface area contributed by atoms with Gasteiger partial charge >= 0.3 is 5.97 Å². The van der Waals surface area contributed by atoms with Gasteiger partial charge in [-0.15, -0.1) is 0 Å². The lowest BCUT2D eigenvalue weighted by Crippen LogP contribution is -2.16. The second kappa shape index (κ2) is 6.37. The Morgan fingerprint density at radius 3 is 2.47 bits per heavy atom. The van der Waals surface area contributed by atoms with Crippen LogP contribution in [0.5, 0.6) is 0 Å². The van der Waals surface area contributed by atoms with Gasteiger partial charge in [0.15, 0.2) is 12.4 Å². The SMILES string of the molecule is O=C(CC(=O)c1ccccc1)OCC[N+](=O)[O-]. The van der Waals surface area contributed by atoms with Crippen molar-refractivity contribution < 1.29 is 19.2 Å². The van der Waals surface area contributed by atoms with Crippen LogP contribution in [0.25, 0.3) is 0 Å². The monoisotopic (exact) mass is 237 g/mol. The van der Waals surface area contributed by atoms with Crippen LogP contribution in [0.15, 0.2) is 30.3 Å². The Morgan fingerprint density at radius 2 is 1.88 bits per heavy atom. The Balaban J connectivity index is 2.36. The topological polar surface area (TPSA) is 86.5 Å². The molecule has 17 heavy (non-hydrogen) atoms. The van der Waals surface area contributed by atoms with Crippen molar-refractivity contribution in [2.45, 2.75) is 6.42 Å². The van der Waals surface area contributed by atoms with Crippen molar-refractivity contribution in [3.05, 3.63) is 46.0 Å². The van der Waals surface area contributed by atoms with Crippen molar-refractivity contribution in [1.29, 1.82) is 0 Å². The van der Waals surface area contributed by atoms with Crippen molar-refractivity contribution in [1.82, 2.24) is 0 Å². The van der Waals surface area contributed by atoms with Crippen LogP contribution in [0.4, 0.5) is 0 Å². The molecule has 0 aliphatic carbocycles. The molecule has 0 saturated heterocycles. The van der Waals surface area contributed by atoms with Gasteiger partial charge < -0.3 is 4.74 Å². The molecule has 0 atom stereocenters. The molecule has 0 heterocycles. The maximum atomic E-state index is 11.5. The van der Waals surface area contributed by atoms with Gasteiger partial charge in [0.2, 0.25) is 6.54 Å². The number of carbonyl (C=O) groups is 2. The van der Waals surface area contributed by atoms with Crippen LogP contribution in [-0.2, 0) is 9.53 Å². The molecule has 0 unspecified atom stereocenters. The number of carbonyl (C=O) groups excluding carboxylic acids is 2. The number of hydrogen-bond donors (Lipinski definition) is 0. The number of nitro groups is 1. The van der Waals surface area contributed by atoms with Crippen LogP contribution in [0.2, 0.25) is 0 Å². The van der Waals surface area contributed by atoms with Crippen LogP contribution in [0, 0.1) is 10.1 Å². The smallest absolute Gasteiger partial charge is 0.313 e. The minimum absolute atomic E-state index is 0.312. The number of esters is 1. The van der Waals surface area contributed by atoms with Crippen molar-refractivity contribution in [2.75, 3.05) is 13.2 Å². The molecule has 6 heteroatoms. The summed E-state index contributed by atoms with van der Waals surface area (Å²) in [5, 5.41) is 9.97. The molecule has 90 valence electrons. The molecular formula is C11H11NO5. The fourth-order valence-corrected chi connectivity index (χ4v) is 1.14. The normalized spacial score (nSPS) is 9.65. The average Bonchev–Trinajstić information content (AvgIpc) is 2.29. The van der Waals surface area contributed by atoms with Crippen LogP contribution in [-0.4, -0.2) is 29.8 Å². The molecule has 0 spiro atoms. The zero-order chi connectivity index (χ0) is 12.7. The van der Waals surface area contributed by atoms with E-state index in [0.717, 1.165) is 0 Å². The van der Waals surface area contributed by atoms with E-state index in [1.54, 1.807) is 30.3 Å². The van der Waals surface area contributed by atoms with Gasteiger partial charge in [0.05, 0.1) is 0 Å². The largest absolute Gasteiger partial charge is 0.458 e. The van der Waals surface area contributed by atoms with Crippen molar-refractivity contribution in [2.24, 2.45) is 0 Å². The van der Waals surface area contributed by atoms with Gasteiger partial charge in [-0.25, -0.2) is 0 Å². The van der Waals surface area contributed by atoms with E-state index in [1.165, 1.54) is 0 Å². The molecule has 1 aromatic rings. The first-order valence-corrected chi connectivity index (χ1v) is 4.95. The Kier molecular flexibility index (Phi) is 4.80. The van der Waals surface area contributed by atoms with Crippen LogP contribution in [0.3, 0.4) is 0 Å². The highest BCUT2D eigenvalue weighted by atomic mass is 16.6. The molecule has 1 aromatic carbocycles. The van der Waals surface area contributed by atoms with Crippen LogP contribution in [0.1, 0.15) is 16.8 Å². The van der Waals surface area contributed by atoms with Gasteiger partial charge in [-0.3, -0.25) is 19.7 Å². The minimum Gasteiger partial charge on any atom is -0.458 e. The van der Waals surface area contributed by atoms with E-state index in [4.69, 9.17) is 0 Å². The van der Waals surface area contributed by atoms with Crippen molar-refractivity contribution in [3.63, 3.8) is 0 Å². The number of ether oxygens (including phenoxy) is 1. The van der Waals surface area contributed by atoms with E-state index in [1.807, 2.05) is 0 Å². The summed E-state index contributed by atoms with van der Waals surface area (Å²) in [7, 11) is 0. The van der Waals surface area contributed by atoms with Gasteiger partial charge in [0.25, 0.3) is 0 Å². The van der Waals surface area contributed by atoms with E-state index in [2.05, 4.69) is 4.74 Å². The van der Waals surface area contributed by atoms with E-state index in [0.29, 0.717) is 5.56 Å². The standard InChI is InChI=1S/C11H11NO5/c13-10(9-4-2-1-3-5-9)8-11(14)17-7-6-12(15)16/h1-5H,6-8H2. The lowest BCUT2D eigenvalue weighted by molar-refractivity contribution is -0.482. The predicted molar refractivity (Wildman–Crippen MR) is 58.2 cm³/mol. The summed E-state index contributed by atoms with van der Waals surface area (Å²) in [6, 6.07) is 8.31. The first-order valence-electron chi connectivity index (χ1n) is 4.95. The third-order valence-corrected chi connectivity index (χ3v) is 1.94. The maximum absolute atomic E-state index is 11.5. The third-order valence-electron chi connectivity index (χ3n) is 1.94. The number of rotatable bonds is 6. The highest BCUT2D eigenvalue weighted by Gasteiger charge is 2.13. The van der Waals surface area contributed by atoms with E-state index in [9.17, 15) is 19.7 Å². The van der Waals surface area contributed by atoms with Gasteiger partial charge in [-0.1, -0.05) is 30.3 Å². The Labute approximate surface area is 97.3 Å². The fraction of sp³-hybridized carbons (Fsp3) is 0.273. The average molecular weight is 237 g/mol. The minimum atomic E-state index is -0.749. The van der Waals surface area contributed by atoms with Gasteiger partial charge in [-0.05, 0) is 0 Å². The van der Waals surface area contributed by atoms with E-state index in [-0.39, 0.29) is 12.4 Å². The lowest BCUT2D eigenvalue weighted by atomic mass is 10.1. The van der Waals surface area contributed by atoms with Crippen LogP contribution >= 0.6 is 0 Å². The molecule has 0 aliphatic rings. The molecular weight excluding hydrogens is 226 g/mol. The van der Waals surface area contributed by atoms with Gasteiger partial charge in [-0.2, -0.15) is 0 Å². The van der Waals surface area contributed by atoms with Crippen molar-refractivity contribution >= 4 is 11.8 Å². The predicted octanol–water partition coefficient (Wildman–Crippen LogP) is 1.08. The number of ketones is 1. The third kappa shape index (κ3) is 4.87. The first-order chi connectivity index (χ1) is 8.09. The zero-order valence-corrected chi connectivity index (χ0v) is 9.00. The van der Waals surface area contributed by atoms with Gasteiger partial charge in [0.1, 0.15) is 6.42 Å². The van der Waals surface area contributed by atoms with Crippen LogP contribution < -0.4 is 0 Å². The molecule has 0 amide bonds. The molecule has 0 radical (unpaired) electrons.